The van der Waals surface area contributed by atoms with Crippen molar-refractivity contribution in [3.8, 4) is 0 Å². The zero-order chi connectivity index (χ0) is 10.6. The molecule has 1 heterocycles. The Morgan fingerprint density at radius 2 is 2.21 bits per heavy atom. The lowest BCUT2D eigenvalue weighted by atomic mass is 10.2. The second-order valence-corrected chi connectivity index (χ2v) is 3.57. The number of hydrogen-bond acceptors (Lipinski definition) is 4. The highest BCUT2D eigenvalue weighted by Gasteiger charge is 2.02. The molecule has 0 aliphatic carbocycles. The Bertz CT molecular complexity index is 376. The number of methoxy groups -OCH3 is 1. The van der Waals surface area contributed by atoms with Gasteiger partial charge >= 0.3 is 5.97 Å². The number of ketones is 1. The van der Waals surface area contributed by atoms with Crippen molar-refractivity contribution < 1.29 is 14.3 Å². The minimum Gasteiger partial charge on any atom is -0.466 e. The molecule has 14 heavy (non-hydrogen) atoms. The summed E-state index contributed by atoms with van der Waals surface area (Å²) in [6, 6.07) is 1.74. The highest BCUT2D eigenvalue weighted by molar-refractivity contribution is 7.12. The fourth-order valence-corrected chi connectivity index (χ4v) is 1.64. The first-order valence-corrected chi connectivity index (χ1v) is 4.87. The van der Waals surface area contributed by atoms with E-state index < -0.39 is 5.97 Å². The molecule has 74 valence electrons. The number of carbonyl (C=O) groups excluding carboxylic acids is 2. The van der Waals surface area contributed by atoms with Crippen molar-refractivity contribution >= 4 is 29.2 Å². The smallest absolute Gasteiger partial charge is 0.330 e. The molecule has 0 fully saturated rings. The Morgan fingerprint density at radius 1 is 1.50 bits per heavy atom. The van der Waals surface area contributed by atoms with Crippen LogP contribution in [-0.4, -0.2) is 18.9 Å². The van der Waals surface area contributed by atoms with Crippen LogP contribution >= 0.6 is 11.3 Å². The quantitative estimate of drug-likeness (QED) is 0.436. The molecule has 0 atom stereocenters. The van der Waals surface area contributed by atoms with Gasteiger partial charge in [-0.05, 0) is 30.0 Å². The highest BCUT2D eigenvalue weighted by atomic mass is 32.1. The van der Waals surface area contributed by atoms with Gasteiger partial charge in [-0.15, -0.1) is 11.3 Å². The summed E-state index contributed by atoms with van der Waals surface area (Å²) in [4.78, 5) is 22.4. The molecule has 0 radical (unpaired) electrons. The van der Waals surface area contributed by atoms with Gasteiger partial charge < -0.3 is 4.74 Å². The van der Waals surface area contributed by atoms with Crippen LogP contribution in [0, 0.1) is 0 Å². The van der Waals surface area contributed by atoms with E-state index in [2.05, 4.69) is 4.74 Å². The van der Waals surface area contributed by atoms with E-state index in [-0.39, 0.29) is 5.78 Å². The average Bonchev–Trinajstić information content (AvgIpc) is 2.62. The molecule has 0 unspecified atom stereocenters. The van der Waals surface area contributed by atoms with Gasteiger partial charge in [-0.1, -0.05) is 0 Å². The van der Waals surface area contributed by atoms with Crippen LogP contribution in [0.4, 0.5) is 0 Å². The summed E-state index contributed by atoms with van der Waals surface area (Å²) in [5.74, 6) is -0.367. The number of esters is 1. The van der Waals surface area contributed by atoms with E-state index in [9.17, 15) is 9.59 Å². The fourth-order valence-electron chi connectivity index (χ4n) is 0.855. The maximum atomic E-state index is 10.9. The predicted molar refractivity (Wildman–Crippen MR) is 55.4 cm³/mol. The van der Waals surface area contributed by atoms with E-state index in [1.165, 1.54) is 31.4 Å². The number of thiophene rings is 1. The number of Topliss-reactive ketones (excluding diaryl/α,β-unsaturated/α-hetero) is 1. The van der Waals surface area contributed by atoms with E-state index in [0.29, 0.717) is 4.88 Å². The van der Waals surface area contributed by atoms with Gasteiger partial charge in [0, 0.05) is 6.08 Å². The maximum absolute atomic E-state index is 10.9. The predicted octanol–water partition coefficient (Wildman–Crippen LogP) is 2.14. The minimum atomic E-state index is -0.402. The summed E-state index contributed by atoms with van der Waals surface area (Å²) in [5, 5.41) is 1.82. The Balaban J connectivity index is 2.73. The molecule has 0 N–H and O–H groups in total. The lowest BCUT2D eigenvalue weighted by molar-refractivity contribution is -0.134. The van der Waals surface area contributed by atoms with Crippen molar-refractivity contribution in [2.45, 2.75) is 6.92 Å². The van der Waals surface area contributed by atoms with Gasteiger partial charge in [-0.3, -0.25) is 4.79 Å². The molecule has 0 saturated carbocycles. The molecular formula is C10H10O3S. The van der Waals surface area contributed by atoms with Gasteiger partial charge in [0.2, 0.25) is 0 Å². The molecule has 0 spiro atoms. The van der Waals surface area contributed by atoms with E-state index >= 15 is 0 Å². The standard InChI is InChI=1S/C10H10O3S/c1-7(11)9-5-8(6-14-9)3-4-10(12)13-2/h3-6H,1-2H3. The van der Waals surface area contributed by atoms with Crippen molar-refractivity contribution in [3.05, 3.63) is 28.0 Å². The summed E-state index contributed by atoms with van der Waals surface area (Å²) in [7, 11) is 1.32. The second kappa shape index (κ2) is 4.72. The highest BCUT2D eigenvalue weighted by Crippen LogP contribution is 2.16. The summed E-state index contributed by atoms with van der Waals surface area (Å²) in [5.41, 5.74) is 0.839. The van der Waals surface area contributed by atoms with Crippen LogP contribution in [0.1, 0.15) is 22.2 Å². The lowest BCUT2D eigenvalue weighted by Gasteiger charge is -1.87. The van der Waals surface area contributed by atoms with Crippen LogP contribution in [0.5, 0.6) is 0 Å². The van der Waals surface area contributed by atoms with Crippen molar-refractivity contribution in [2.75, 3.05) is 7.11 Å². The van der Waals surface area contributed by atoms with Gasteiger partial charge in [-0.2, -0.15) is 0 Å². The normalized spacial score (nSPS) is 10.4. The zero-order valence-corrected chi connectivity index (χ0v) is 8.76. The molecule has 1 aromatic rings. The molecular weight excluding hydrogens is 200 g/mol. The van der Waals surface area contributed by atoms with Gasteiger partial charge in [0.05, 0.1) is 12.0 Å². The minimum absolute atomic E-state index is 0.0349. The number of hydrogen-bond donors (Lipinski definition) is 0. The third kappa shape index (κ3) is 2.81. The summed E-state index contributed by atoms with van der Waals surface area (Å²) in [6.45, 7) is 1.51. The molecule has 3 nitrogen and oxygen atoms in total. The Hall–Kier alpha value is -1.42. The van der Waals surface area contributed by atoms with Crippen LogP contribution in [0.25, 0.3) is 6.08 Å². The molecule has 0 aromatic carbocycles. The molecule has 1 aromatic heterocycles. The van der Waals surface area contributed by atoms with Crippen molar-refractivity contribution in [1.82, 2.24) is 0 Å². The van der Waals surface area contributed by atoms with Gasteiger partial charge in [0.15, 0.2) is 5.78 Å². The maximum Gasteiger partial charge on any atom is 0.330 e. The van der Waals surface area contributed by atoms with Gasteiger partial charge in [0.1, 0.15) is 0 Å². The third-order valence-corrected chi connectivity index (χ3v) is 2.63. The first-order valence-electron chi connectivity index (χ1n) is 3.99. The Labute approximate surface area is 86.0 Å². The largest absolute Gasteiger partial charge is 0.466 e. The fraction of sp³-hybridized carbons (Fsp3) is 0.200. The summed E-state index contributed by atoms with van der Waals surface area (Å²) in [6.07, 6.45) is 2.95. The summed E-state index contributed by atoms with van der Waals surface area (Å²) >= 11 is 1.36. The molecule has 0 saturated heterocycles. The molecule has 0 aliphatic heterocycles. The number of carbonyl (C=O) groups is 2. The van der Waals surface area contributed by atoms with E-state index in [1.807, 2.05) is 5.38 Å². The van der Waals surface area contributed by atoms with Crippen LogP contribution in [0.3, 0.4) is 0 Å². The van der Waals surface area contributed by atoms with Crippen LogP contribution in [0.2, 0.25) is 0 Å². The summed E-state index contributed by atoms with van der Waals surface area (Å²) < 4.78 is 4.44. The number of rotatable bonds is 3. The van der Waals surface area contributed by atoms with Crippen LogP contribution < -0.4 is 0 Å². The molecule has 0 aliphatic rings. The zero-order valence-electron chi connectivity index (χ0n) is 7.94. The Kier molecular flexibility index (Phi) is 3.59. The van der Waals surface area contributed by atoms with Crippen molar-refractivity contribution in [2.24, 2.45) is 0 Å². The van der Waals surface area contributed by atoms with Gasteiger partial charge in [0.25, 0.3) is 0 Å². The van der Waals surface area contributed by atoms with Gasteiger partial charge in [-0.25, -0.2) is 4.79 Å². The van der Waals surface area contributed by atoms with E-state index in [4.69, 9.17) is 0 Å². The monoisotopic (exact) mass is 210 g/mol. The number of ether oxygens (including phenoxy) is 1. The topological polar surface area (TPSA) is 43.4 Å². The van der Waals surface area contributed by atoms with Crippen molar-refractivity contribution in [3.63, 3.8) is 0 Å². The van der Waals surface area contributed by atoms with Crippen LogP contribution in [0.15, 0.2) is 17.5 Å². The second-order valence-electron chi connectivity index (χ2n) is 2.66. The first kappa shape index (κ1) is 10.7. The van der Waals surface area contributed by atoms with E-state index in [1.54, 1.807) is 12.1 Å². The molecule has 4 heteroatoms. The SMILES string of the molecule is COC(=O)C=Cc1csc(C(C)=O)c1. The molecule has 0 amide bonds. The first-order chi connectivity index (χ1) is 6.63. The van der Waals surface area contributed by atoms with Crippen molar-refractivity contribution in [1.29, 1.82) is 0 Å². The van der Waals surface area contributed by atoms with Crippen LogP contribution in [-0.2, 0) is 9.53 Å². The molecule has 1 rings (SSSR count). The van der Waals surface area contributed by atoms with E-state index in [0.717, 1.165) is 5.56 Å². The lowest BCUT2D eigenvalue weighted by Crippen LogP contribution is -1.92. The third-order valence-electron chi connectivity index (χ3n) is 1.58. The average molecular weight is 210 g/mol. The molecule has 0 bridgehead atoms. The Morgan fingerprint density at radius 3 is 2.71 bits per heavy atom.